The fourth-order valence-electron chi connectivity index (χ4n) is 4.00. The zero-order chi connectivity index (χ0) is 21.8. The number of carbonyl (C=O) groups is 3. The molecule has 6 nitrogen and oxygen atoms in total. The molecule has 2 atom stereocenters. The van der Waals surface area contributed by atoms with Crippen LogP contribution < -0.4 is 0 Å². The third-order valence-electron chi connectivity index (χ3n) is 5.77. The average Bonchev–Trinajstić information content (AvgIpc) is 3.27. The average molecular weight is 408 g/mol. The highest BCUT2D eigenvalue weighted by Crippen LogP contribution is 2.29. The molecular weight excluding hydrogens is 380 g/mol. The molecule has 2 heterocycles. The lowest BCUT2D eigenvalue weighted by molar-refractivity contribution is -0.147. The highest BCUT2D eigenvalue weighted by Gasteiger charge is 2.38. The van der Waals surface area contributed by atoms with Crippen LogP contribution in [0.15, 0.2) is 49.1 Å². The highest BCUT2D eigenvalue weighted by molar-refractivity contribution is 5.99. The Morgan fingerprint density at radius 3 is 2.63 bits per heavy atom. The number of rotatable bonds is 8. The number of allylic oxidation sites excluding steroid dienone is 1. The number of hydrogen-bond donors (Lipinski definition) is 0. The van der Waals surface area contributed by atoms with Gasteiger partial charge in [0.05, 0.1) is 12.0 Å². The van der Waals surface area contributed by atoms with Gasteiger partial charge in [0.2, 0.25) is 11.7 Å². The molecule has 6 heteroatoms. The van der Waals surface area contributed by atoms with Crippen molar-refractivity contribution in [3.8, 4) is 0 Å². The molecule has 158 valence electrons. The van der Waals surface area contributed by atoms with Crippen LogP contribution in [0.4, 0.5) is 0 Å². The normalized spacial score (nSPS) is 17.1. The van der Waals surface area contributed by atoms with Crippen LogP contribution in [0.25, 0.3) is 0 Å². The summed E-state index contributed by atoms with van der Waals surface area (Å²) in [5.41, 5.74) is 3.34. The van der Waals surface area contributed by atoms with E-state index in [1.807, 2.05) is 55.7 Å². The van der Waals surface area contributed by atoms with Crippen molar-refractivity contribution in [2.24, 2.45) is 5.92 Å². The van der Waals surface area contributed by atoms with Crippen LogP contribution in [0.3, 0.4) is 0 Å². The Balaban J connectivity index is 1.59. The number of nitrogens with zero attached hydrogens (tertiary/aromatic N) is 2. The fraction of sp³-hybridized carbons (Fsp3) is 0.375. The smallest absolute Gasteiger partial charge is 0.311 e. The summed E-state index contributed by atoms with van der Waals surface area (Å²) in [5.74, 6) is -1.37. The van der Waals surface area contributed by atoms with Gasteiger partial charge < -0.3 is 14.2 Å². The Labute approximate surface area is 177 Å². The highest BCUT2D eigenvalue weighted by atomic mass is 16.5. The van der Waals surface area contributed by atoms with Gasteiger partial charge in [0, 0.05) is 36.5 Å². The summed E-state index contributed by atoms with van der Waals surface area (Å²) < 4.78 is 7.28. The van der Waals surface area contributed by atoms with E-state index >= 15 is 0 Å². The van der Waals surface area contributed by atoms with E-state index in [4.69, 9.17) is 4.74 Å². The first-order valence-electron chi connectivity index (χ1n) is 10.1. The maximum atomic E-state index is 12.6. The minimum absolute atomic E-state index is 0.0763. The van der Waals surface area contributed by atoms with E-state index in [9.17, 15) is 14.4 Å². The predicted octanol–water partition coefficient (Wildman–Crippen LogP) is 3.63. The van der Waals surface area contributed by atoms with E-state index in [1.165, 1.54) is 0 Å². The van der Waals surface area contributed by atoms with E-state index in [1.54, 1.807) is 17.0 Å². The van der Waals surface area contributed by atoms with Crippen molar-refractivity contribution in [1.29, 1.82) is 0 Å². The quantitative estimate of drug-likeness (QED) is 0.380. The van der Waals surface area contributed by atoms with E-state index in [2.05, 4.69) is 6.58 Å². The number of amides is 1. The molecule has 0 N–H and O–H groups in total. The van der Waals surface area contributed by atoms with Gasteiger partial charge in [0.1, 0.15) is 0 Å². The number of ether oxygens (including phenoxy) is 1. The zero-order valence-electron chi connectivity index (χ0n) is 17.8. The second-order valence-electron chi connectivity index (χ2n) is 7.75. The molecule has 0 saturated carbocycles. The topological polar surface area (TPSA) is 68.6 Å². The Morgan fingerprint density at radius 1 is 1.27 bits per heavy atom. The lowest BCUT2D eigenvalue weighted by Gasteiger charge is -2.25. The number of esters is 1. The molecule has 3 rings (SSSR count). The Hall–Kier alpha value is -3.15. The number of aromatic nitrogens is 1. The number of Topliss-reactive ketones (excluding diaryl/α,β-unsaturated/α-hetero) is 1. The SMILES string of the molecule is C=CCn1c(C)cc(C(=O)COC(=O)[C@@H]2CC(=O)N([C@@H](C)c3ccccc3)C2)c1C. The van der Waals surface area contributed by atoms with Crippen LogP contribution in [0, 0.1) is 19.8 Å². The van der Waals surface area contributed by atoms with Crippen LogP contribution in [-0.4, -0.2) is 40.3 Å². The molecule has 0 unspecified atom stereocenters. The van der Waals surface area contributed by atoms with Gasteiger partial charge in [-0.15, -0.1) is 6.58 Å². The van der Waals surface area contributed by atoms with Gasteiger partial charge in [-0.05, 0) is 32.4 Å². The van der Waals surface area contributed by atoms with Gasteiger partial charge >= 0.3 is 5.97 Å². The predicted molar refractivity (Wildman–Crippen MR) is 114 cm³/mol. The number of hydrogen-bond acceptors (Lipinski definition) is 4. The molecule has 1 aromatic carbocycles. The van der Waals surface area contributed by atoms with Crippen molar-refractivity contribution in [3.05, 3.63) is 71.6 Å². The lowest BCUT2D eigenvalue weighted by atomic mass is 10.1. The molecule has 1 aromatic heterocycles. The van der Waals surface area contributed by atoms with Gasteiger partial charge in [-0.3, -0.25) is 14.4 Å². The van der Waals surface area contributed by atoms with Crippen molar-refractivity contribution >= 4 is 17.7 Å². The number of likely N-dealkylation sites (tertiary alicyclic amines) is 1. The Bertz CT molecular complexity index is 961. The maximum absolute atomic E-state index is 12.6. The first kappa shape index (κ1) is 21.6. The molecule has 0 radical (unpaired) electrons. The maximum Gasteiger partial charge on any atom is 0.311 e. The van der Waals surface area contributed by atoms with Crippen LogP contribution in [-0.2, 0) is 20.9 Å². The molecule has 1 aliphatic rings. The molecule has 1 aliphatic heterocycles. The van der Waals surface area contributed by atoms with Crippen LogP contribution >= 0.6 is 0 Å². The van der Waals surface area contributed by atoms with Crippen LogP contribution in [0.1, 0.15) is 46.7 Å². The molecule has 1 saturated heterocycles. The number of aryl methyl sites for hydroxylation is 1. The minimum Gasteiger partial charge on any atom is -0.457 e. The van der Waals surface area contributed by atoms with E-state index in [-0.39, 0.29) is 30.8 Å². The largest absolute Gasteiger partial charge is 0.457 e. The van der Waals surface area contributed by atoms with Gasteiger partial charge in [-0.1, -0.05) is 36.4 Å². The summed E-state index contributed by atoms with van der Waals surface area (Å²) in [7, 11) is 0. The molecule has 30 heavy (non-hydrogen) atoms. The lowest BCUT2D eigenvalue weighted by Crippen LogP contribution is -2.30. The number of carbonyl (C=O) groups excluding carboxylic acids is 3. The minimum atomic E-state index is -0.551. The second-order valence-corrected chi connectivity index (χ2v) is 7.75. The number of ketones is 1. The van der Waals surface area contributed by atoms with Crippen molar-refractivity contribution in [1.82, 2.24) is 9.47 Å². The van der Waals surface area contributed by atoms with Gasteiger partial charge in [-0.25, -0.2) is 0 Å². The molecule has 0 spiro atoms. The molecule has 0 bridgehead atoms. The van der Waals surface area contributed by atoms with E-state index in [0.717, 1.165) is 17.0 Å². The zero-order valence-corrected chi connectivity index (χ0v) is 17.8. The summed E-state index contributed by atoms with van der Waals surface area (Å²) in [6.07, 6.45) is 1.88. The van der Waals surface area contributed by atoms with Gasteiger partial charge in [-0.2, -0.15) is 0 Å². The molecular formula is C24H28N2O4. The molecule has 1 fully saturated rings. The number of benzene rings is 1. The van der Waals surface area contributed by atoms with Crippen molar-refractivity contribution < 1.29 is 19.1 Å². The molecule has 2 aromatic rings. The van der Waals surface area contributed by atoms with Crippen LogP contribution in [0.5, 0.6) is 0 Å². The third kappa shape index (κ3) is 4.37. The summed E-state index contributed by atoms with van der Waals surface area (Å²) in [4.78, 5) is 39.3. The Morgan fingerprint density at radius 2 is 1.97 bits per heavy atom. The summed E-state index contributed by atoms with van der Waals surface area (Å²) >= 11 is 0. The summed E-state index contributed by atoms with van der Waals surface area (Å²) in [6, 6.07) is 11.4. The van der Waals surface area contributed by atoms with Crippen molar-refractivity contribution in [2.45, 2.75) is 39.8 Å². The van der Waals surface area contributed by atoms with Crippen LogP contribution in [0.2, 0.25) is 0 Å². The summed E-state index contributed by atoms with van der Waals surface area (Å²) in [6.45, 7) is 10.1. The van der Waals surface area contributed by atoms with E-state index < -0.39 is 11.9 Å². The summed E-state index contributed by atoms with van der Waals surface area (Å²) in [5, 5.41) is 0. The standard InChI is InChI=1S/C24H28N2O4/c1-5-11-25-16(2)12-21(18(25)4)22(27)15-30-24(29)20-13-23(28)26(14-20)17(3)19-9-7-6-8-10-19/h5-10,12,17,20H,1,11,13-15H2,2-4H3/t17-,20+/m0/s1. The van der Waals surface area contributed by atoms with E-state index in [0.29, 0.717) is 18.7 Å². The van der Waals surface area contributed by atoms with Crippen molar-refractivity contribution in [2.75, 3.05) is 13.2 Å². The Kier molecular flexibility index (Phi) is 6.55. The van der Waals surface area contributed by atoms with Gasteiger partial charge in [0.15, 0.2) is 6.61 Å². The second kappa shape index (κ2) is 9.11. The van der Waals surface area contributed by atoms with Crippen molar-refractivity contribution in [3.63, 3.8) is 0 Å². The molecule has 1 amide bonds. The fourth-order valence-corrected chi connectivity index (χ4v) is 4.00. The first-order valence-corrected chi connectivity index (χ1v) is 10.1. The first-order chi connectivity index (χ1) is 14.3. The molecule has 0 aliphatic carbocycles. The third-order valence-corrected chi connectivity index (χ3v) is 5.77. The van der Waals surface area contributed by atoms with Gasteiger partial charge in [0.25, 0.3) is 0 Å². The monoisotopic (exact) mass is 408 g/mol.